The molecule has 0 aromatic rings. The Bertz CT molecular complexity index is 203. The van der Waals surface area contributed by atoms with Crippen LogP contribution in [0.5, 0.6) is 0 Å². The predicted octanol–water partition coefficient (Wildman–Crippen LogP) is 1.55. The third-order valence-corrected chi connectivity index (χ3v) is 2.06. The van der Waals surface area contributed by atoms with Gasteiger partial charge in [0.15, 0.2) is 0 Å². The monoisotopic (exact) mass is 185 g/mol. The van der Waals surface area contributed by atoms with E-state index in [0.717, 1.165) is 19.3 Å². The maximum Gasteiger partial charge on any atom is 0.416 e. The van der Waals surface area contributed by atoms with Gasteiger partial charge in [0.05, 0.1) is 6.61 Å². The Kier molecular flexibility index (Phi) is 3.73. The molecule has 0 unspecified atom stereocenters. The molecule has 4 heteroatoms. The van der Waals surface area contributed by atoms with E-state index < -0.39 is 6.09 Å². The zero-order chi connectivity index (χ0) is 9.68. The summed E-state index contributed by atoms with van der Waals surface area (Å²) < 4.78 is 4.77. The van der Waals surface area contributed by atoms with Crippen LogP contribution in [0.2, 0.25) is 0 Å². The number of nitrogens with zero attached hydrogens (tertiary/aromatic N) is 1. The molecular weight excluding hydrogens is 170 g/mol. The van der Waals surface area contributed by atoms with E-state index in [1.54, 1.807) is 6.92 Å². The zero-order valence-corrected chi connectivity index (χ0v) is 7.91. The van der Waals surface area contributed by atoms with Gasteiger partial charge < -0.3 is 4.74 Å². The standard InChI is InChI=1S/C9H15NO3/c1-2-13-9(12)10-7-5-3-4-6-8(10)11/h2-7H2,1H3. The normalized spacial score (nSPS) is 18.2. The van der Waals surface area contributed by atoms with Crippen LogP contribution in [0.25, 0.3) is 0 Å². The van der Waals surface area contributed by atoms with Gasteiger partial charge in [0, 0.05) is 13.0 Å². The molecule has 2 amide bonds. The lowest BCUT2D eigenvalue weighted by atomic mass is 10.2. The molecule has 0 spiro atoms. The minimum atomic E-state index is -0.491. The molecule has 0 aromatic heterocycles. The van der Waals surface area contributed by atoms with Crippen molar-refractivity contribution >= 4 is 12.0 Å². The number of imide groups is 1. The van der Waals surface area contributed by atoms with Crippen molar-refractivity contribution < 1.29 is 14.3 Å². The second-order valence-corrected chi connectivity index (χ2v) is 3.05. The molecule has 0 N–H and O–H groups in total. The highest BCUT2D eigenvalue weighted by Crippen LogP contribution is 2.11. The van der Waals surface area contributed by atoms with Crippen molar-refractivity contribution in [3.05, 3.63) is 0 Å². The first-order chi connectivity index (χ1) is 6.25. The average Bonchev–Trinajstić information content (AvgIpc) is 2.30. The lowest BCUT2D eigenvalue weighted by Gasteiger charge is -2.16. The van der Waals surface area contributed by atoms with Gasteiger partial charge >= 0.3 is 6.09 Å². The van der Waals surface area contributed by atoms with E-state index in [2.05, 4.69) is 0 Å². The Labute approximate surface area is 77.8 Å². The number of carbonyl (C=O) groups excluding carboxylic acids is 2. The molecule has 74 valence electrons. The predicted molar refractivity (Wildman–Crippen MR) is 47.2 cm³/mol. The molecule has 0 aromatic carbocycles. The molecular formula is C9H15NO3. The highest BCUT2D eigenvalue weighted by atomic mass is 16.6. The third-order valence-electron chi connectivity index (χ3n) is 2.06. The van der Waals surface area contributed by atoms with Crippen molar-refractivity contribution in [2.45, 2.75) is 32.6 Å². The summed E-state index contributed by atoms with van der Waals surface area (Å²) in [5.74, 6) is -0.101. The Morgan fingerprint density at radius 3 is 2.92 bits per heavy atom. The van der Waals surface area contributed by atoms with E-state index in [1.165, 1.54) is 4.90 Å². The van der Waals surface area contributed by atoms with Crippen LogP contribution in [-0.2, 0) is 9.53 Å². The fourth-order valence-electron chi connectivity index (χ4n) is 1.38. The highest BCUT2D eigenvalue weighted by molar-refractivity contribution is 5.92. The largest absolute Gasteiger partial charge is 0.449 e. The van der Waals surface area contributed by atoms with Gasteiger partial charge in [-0.1, -0.05) is 6.42 Å². The second-order valence-electron chi connectivity index (χ2n) is 3.05. The van der Waals surface area contributed by atoms with Crippen molar-refractivity contribution in [1.29, 1.82) is 0 Å². The fourth-order valence-corrected chi connectivity index (χ4v) is 1.38. The summed E-state index contributed by atoms with van der Waals surface area (Å²) in [4.78, 5) is 23.8. The topological polar surface area (TPSA) is 46.6 Å². The van der Waals surface area contributed by atoms with Crippen LogP contribution in [0.3, 0.4) is 0 Å². The number of ether oxygens (including phenoxy) is 1. The van der Waals surface area contributed by atoms with E-state index in [0.29, 0.717) is 19.6 Å². The van der Waals surface area contributed by atoms with Crippen molar-refractivity contribution in [3.63, 3.8) is 0 Å². The number of hydrogen-bond donors (Lipinski definition) is 0. The molecule has 4 nitrogen and oxygen atoms in total. The molecule has 13 heavy (non-hydrogen) atoms. The van der Waals surface area contributed by atoms with Gasteiger partial charge in [-0.05, 0) is 19.8 Å². The molecule has 1 saturated heterocycles. The van der Waals surface area contributed by atoms with Gasteiger partial charge in [0.25, 0.3) is 0 Å². The van der Waals surface area contributed by atoms with E-state index in [9.17, 15) is 9.59 Å². The lowest BCUT2D eigenvalue weighted by Crippen LogP contribution is -2.36. The molecule has 0 atom stereocenters. The maximum absolute atomic E-state index is 11.4. The van der Waals surface area contributed by atoms with E-state index >= 15 is 0 Å². The Balaban J connectivity index is 2.53. The SMILES string of the molecule is CCOC(=O)N1CCCCCC1=O. The molecule has 0 saturated carbocycles. The number of hydrogen-bond acceptors (Lipinski definition) is 3. The van der Waals surface area contributed by atoms with Crippen LogP contribution in [0.4, 0.5) is 4.79 Å². The fraction of sp³-hybridized carbons (Fsp3) is 0.778. The van der Waals surface area contributed by atoms with Crippen LogP contribution < -0.4 is 0 Å². The molecule has 0 bridgehead atoms. The average molecular weight is 185 g/mol. The van der Waals surface area contributed by atoms with E-state index in [4.69, 9.17) is 4.74 Å². The molecule has 1 rings (SSSR count). The third kappa shape index (κ3) is 2.72. The Hall–Kier alpha value is -1.06. The maximum atomic E-state index is 11.4. The number of likely N-dealkylation sites (tertiary alicyclic amines) is 1. The second kappa shape index (κ2) is 4.84. The number of amides is 2. The van der Waals surface area contributed by atoms with Gasteiger partial charge in [0.2, 0.25) is 5.91 Å². The Morgan fingerprint density at radius 2 is 2.23 bits per heavy atom. The molecule has 1 heterocycles. The van der Waals surface area contributed by atoms with E-state index in [-0.39, 0.29) is 5.91 Å². The highest BCUT2D eigenvalue weighted by Gasteiger charge is 2.23. The van der Waals surface area contributed by atoms with Gasteiger partial charge in [-0.3, -0.25) is 4.79 Å². The van der Waals surface area contributed by atoms with Crippen LogP contribution >= 0.6 is 0 Å². The van der Waals surface area contributed by atoms with E-state index in [1.807, 2.05) is 0 Å². The molecule has 0 radical (unpaired) electrons. The summed E-state index contributed by atoms with van der Waals surface area (Å²) in [7, 11) is 0. The molecule has 1 aliphatic rings. The quantitative estimate of drug-likeness (QED) is 0.622. The van der Waals surface area contributed by atoms with Gasteiger partial charge in [0.1, 0.15) is 0 Å². The van der Waals surface area contributed by atoms with Crippen molar-refractivity contribution in [3.8, 4) is 0 Å². The van der Waals surface area contributed by atoms with Crippen LogP contribution in [0.1, 0.15) is 32.6 Å². The summed E-state index contributed by atoms with van der Waals surface area (Å²) in [6.45, 7) is 2.57. The first-order valence-electron chi connectivity index (χ1n) is 4.73. The van der Waals surface area contributed by atoms with Crippen LogP contribution in [0.15, 0.2) is 0 Å². The minimum absolute atomic E-state index is 0.101. The van der Waals surface area contributed by atoms with Crippen LogP contribution in [0, 0.1) is 0 Å². The molecule has 1 fully saturated rings. The smallest absolute Gasteiger partial charge is 0.416 e. The van der Waals surface area contributed by atoms with Gasteiger partial charge in [-0.2, -0.15) is 0 Å². The molecule has 0 aliphatic carbocycles. The first-order valence-corrected chi connectivity index (χ1v) is 4.73. The summed E-state index contributed by atoms with van der Waals surface area (Å²) in [5.41, 5.74) is 0. The first kappa shape index (κ1) is 10.0. The van der Waals surface area contributed by atoms with Crippen molar-refractivity contribution in [1.82, 2.24) is 4.90 Å². The van der Waals surface area contributed by atoms with Crippen molar-refractivity contribution in [2.24, 2.45) is 0 Å². The van der Waals surface area contributed by atoms with Crippen LogP contribution in [-0.4, -0.2) is 30.1 Å². The van der Waals surface area contributed by atoms with Gasteiger partial charge in [-0.25, -0.2) is 9.69 Å². The lowest BCUT2D eigenvalue weighted by molar-refractivity contribution is -0.128. The number of rotatable bonds is 1. The zero-order valence-electron chi connectivity index (χ0n) is 7.91. The minimum Gasteiger partial charge on any atom is -0.449 e. The summed E-state index contributed by atoms with van der Waals surface area (Å²) in [6.07, 6.45) is 2.77. The molecule has 1 aliphatic heterocycles. The van der Waals surface area contributed by atoms with Crippen molar-refractivity contribution in [2.75, 3.05) is 13.2 Å². The Morgan fingerprint density at radius 1 is 1.46 bits per heavy atom. The summed E-state index contributed by atoms with van der Waals surface area (Å²) in [5, 5.41) is 0. The summed E-state index contributed by atoms with van der Waals surface area (Å²) in [6, 6.07) is 0. The number of carbonyl (C=O) groups is 2. The summed E-state index contributed by atoms with van der Waals surface area (Å²) >= 11 is 0. The van der Waals surface area contributed by atoms with Gasteiger partial charge in [-0.15, -0.1) is 0 Å².